The number of aryl methyl sites for hydroxylation is 1. The highest BCUT2D eigenvalue weighted by Crippen LogP contribution is 2.37. The van der Waals surface area contributed by atoms with Gasteiger partial charge in [-0.05, 0) is 31.6 Å². The Balaban J connectivity index is 1.51. The summed E-state index contributed by atoms with van der Waals surface area (Å²) in [6.07, 6.45) is 4.82. The van der Waals surface area contributed by atoms with E-state index in [-0.39, 0.29) is 30.4 Å². The van der Waals surface area contributed by atoms with Crippen molar-refractivity contribution in [2.45, 2.75) is 57.3 Å². The van der Waals surface area contributed by atoms with Crippen molar-refractivity contribution >= 4 is 11.7 Å². The average Bonchev–Trinajstić information content (AvgIpc) is 2.94. The zero-order valence-electron chi connectivity index (χ0n) is 13.0. The van der Waals surface area contributed by atoms with Crippen LogP contribution in [0, 0.1) is 5.92 Å². The van der Waals surface area contributed by atoms with Crippen molar-refractivity contribution in [3.8, 4) is 0 Å². The summed E-state index contributed by atoms with van der Waals surface area (Å²) in [5, 5.41) is 2.79. The molecular formula is C17H21F2NO3. The Morgan fingerprint density at radius 2 is 2.04 bits per heavy atom. The lowest BCUT2D eigenvalue weighted by atomic mass is 9.85. The number of amides is 1. The Labute approximate surface area is 133 Å². The molecule has 126 valence electrons. The van der Waals surface area contributed by atoms with Gasteiger partial charge in [0.15, 0.2) is 5.78 Å². The third-order valence-electron chi connectivity index (χ3n) is 4.87. The van der Waals surface area contributed by atoms with Gasteiger partial charge in [-0.25, -0.2) is 8.78 Å². The molecule has 0 aliphatic heterocycles. The van der Waals surface area contributed by atoms with Crippen LogP contribution in [0.1, 0.15) is 71.4 Å². The smallest absolute Gasteiger partial charge is 0.255 e. The fourth-order valence-electron chi connectivity index (χ4n) is 3.46. The van der Waals surface area contributed by atoms with E-state index in [1.165, 1.54) is 6.26 Å². The van der Waals surface area contributed by atoms with E-state index in [9.17, 15) is 18.4 Å². The molecule has 1 amide bonds. The summed E-state index contributed by atoms with van der Waals surface area (Å²) in [6.45, 7) is 0.434. The van der Waals surface area contributed by atoms with Crippen LogP contribution in [0.15, 0.2) is 10.7 Å². The number of Topliss-reactive ketones (excluding diaryl/α,β-unsaturated/α-hetero) is 1. The monoisotopic (exact) mass is 325 g/mol. The Morgan fingerprint density at radius 1 is 1.30 bits per heavy atom. The number of ketones is 1. The van der Waals surface area contributed by atoms with Crippen molar-refractivity contribution < 1.29 is 22.8 Å². The van der Waals surface area contributed by atoms with Crippen LogP contribution in [0.5, 0.6) is 0 Å². The minimum atomic E-state index is -2.52. The Bertz CT molecular complexity index is 599. The first-order valence-electron chi connectivity index (χ1n) is 8.26. The van der Waals surface area contributed by atoms with Crippen molar-refractivity contribution in [1.29, 1.82) is 0 Å². The number of nitrogens with one attached hydrogen (secondary N) is 1. The van der Waals surface area contributed by atoms with E-state index in [1.54, 1.807) is 0 Å². The molecule has 0 aromatic carbocycles. The average molecular weight is 325 g/mol. The summed E-state index contributed by atoms with van der Waals surface area (Å²) in [6, 6.07) is 0. The summed E-state index contributed by atoms with van der Waals surface area (Å²) in [4.78, 5) is 24.2. The predicted octanol–water partition coefficient (Wildman–Crippen LogP) is 3.74. The van der Waals surface area contributed by atoms with Crippen LogP contribution >= 0.6 is 0 Å². The van der Waals surface area contributed by atoms with E-state index >= 15 is 0 Å². The van der Waals surface area contributed by atoms with Gasteiger partial charge in [0.25, 0.3) is 5.91 Å². The van der Waals surface area contributed by atoms with Crippen LogP contribution < -0.4 is 5.32 Å². The molecule has 0 radical (unpaired) electrons. The van der Waals surface area contributed by atoms with E-state index in [2.05, 4.69) is 5.32 Å². The second kappa shape index (κ2) is 6.42. The number of carbonyl (C=O) groups is 2. The topological polar surface area (TPSA) is 59.3 Å². The molecule has 1 fully saturated rings. The molecule has 0 unspecified atom stereocenters. The molecular weight excluding hydrogens is 304 g/mol. The molecule has 23 heavy (non-hydrogen) atoms. The maximum absolute atomic E-state index is 13.1. The number of rotatable bonds is 4. The minimum Gasteiger partial charge on any atom is -0.468 e. The summed E-state index contributed by atoms with van der Waals surface area (Å²) in [5.74, 6) is -2.04. The van der Waals surface area contributed by atoms with Gasteiger partial charge in [-0.15, -0.1) is 0 Å². The molecule has 0 atom stereocenters. The predicted molar refractivity (Wildman–Crippen MR) is 79.8 cm³/mol. The van der Waals surface area contributed by atoms with Crippen molar-refractivity contribution in [3.05, 3.63) is 23.2 Å². The first kappa shape index (κ1) is 16.1. The van der Waals surface area contributed by atoms with Gasteiger partial charge in [-0.2, -0.15) is 0 Å². The lowest BCUT2D eigenvalue weighted by molar-refractivity contribution is -0.0464. The highest BCUT2D eigenvalue weighted by atomic mass is 19.3. The highest BCUT2D eigenvalue weighted by molar-refractivity contribution is 6.09. The van der Waals surface area contributed by atoms with Crippen molar-refractivity contribution in [2.24, 2.45) is 5.92 Å². The summed E-state index contributed by atoms with van der Waals surface area (Å²) >= 11 is 0. The number of hydrogen-bond acceptors (Lipinski definition) is 3. The van der Waals surface area contributed by atoms with Crippen LogP contribution in [0.3, 0.4) is 0 Å². The minimum absolute atomic E-state index is 0.0420. The lowest BCUT2D eigenvalue weighted by Crippen LogP contribution is -2.30. The van der Waals surface area contributed by atoms with E-state index in [1.807, 2.05) is 0 Å². The van der Waals surface area contributed by atoms with Crippen molar-refractivity contribution in [1.82, 2.24) is 5.32 Å². The van der Waals surface area contributed by atoms with Crippen molar-refractivity contribution in [2.75, 3.05) is 6.54 Å². The van der Waals surface area contributed by atoms with Gasteiger partial charge in [0.05, 0.1) is 11.1 Å². The highest BCUT2D eigenvalue weighted by Gasteiger charge is 2.34. The number of furan rings is 1. The zero-order chi connectivity index (χ0) is 16.4. The second-order valence-electron chi connectivity index (χ2n) is 6.57. The number of alkyl halides is 2. The zero-order valence-corrected chi connectivity index (χ0v) is 13.0. The van der Waals surface area contributed by atoms with Crippen LogP contribution in [-0.4, -0.2) is 24.2 Å². The van der Waals surface area contributed by atoms with Gasteiger partial charge in [-0.1, -0.05) is 0 Å². The van der Waals surface area contributed by atoms with Gasteiger partial charge in [0, 0.05) is 32.2 Å². The summed E-state index contributed by atoms with van der Waals surface area (Å²) < 4.78 is 31.5. The van der Waals surface area contributed by atoms with Gasteiger partial charge in [0.2, 0.25) is 5.92 Å². The largest absolute Gasteiger partial charge is 0.468 e. The van der Waals surface area contributed by atoms with Crippen LogP contribution in [0.2, 0.25) is 0 Å². The van der Waals surface area contributed by atoms with Gasteiger partial charge < -0.3 is 9.73 Å². The Kier molecular flexibility index (Phi) is 4.50. The normalized spacial score (nSPS) is 21.0. The van der Waals surface area contributed by atoms with Crippen LogP contribution in [-0.2, 0) is 6.42 Å². The summed E-state index contributed by atoms with van der Waals surface area (Å²) in [7, 11) is 0. The molecule has 1 saturated carbocycles. The standard InChI is InChI=1S/C17H21F2NO3/c18-17(19)7-4-11(5-8-17)6-9-20-16(22)12-10-23-14-3-1-2-13(21)15(12)14/h10-11H,1-9H2,(H,20,22). The van der Waals surface area contributed by atoms with Crippen molar-refractivity contribution in [3.63, 3.8) is 0 Å². The Hall–Kier alpha value is -1.72. The lowest BCUT2D eigenvalue weighted by Gasteiger charge is -2.28. The maximum Gasteiger partial charge on any atom is 0.255 e. The molecule has 2 aliphatic carbocycles. The molecule has 2 aliphatic rings. The number of fused-ring (bicyclic) bond motifs is 1. The number of carbonyl (C=O) groups excluding carboxylic acids is 2. The first-order valence-corrected chi connectivity index (χ1v) is 8.26. The Morgan fingerprint density at radius 3 is 2.78 bits per heavy atom. The second-order valence-corrected chi connectivity index (χ2v) is 6.57. The third kappa shape index (κ3) is 3.62. The van der Waals surface area contributed by atoms with E-state index in [4.69, 9.17) is 4.42 Å². The molecule has 0 spiro atoms. The summed E-state index contributed by atoms with van der Waals surface area (Å²) in [5.41, 5.74) is 0.728. The molecule has 1 aromatic heterocycles. The molecule has 4 nitrogen and oxygen atoms in total. The van der Waals surface area contributed by atoms with E-state index < -0.39 is 5.92 Å². The molecule has 6 heteroatoms. The fourth-order valence-corrected chi connectivity index (χ4v) is 3.46. The van der Waals surface area contributed by atoms with Gasteiger partial charge in [0.1, 0.15) is 12.0 Å². The maximum atomic E-state index is 13.1. The third-order valence-corrected chi connectivity index (χ3v) is 4.87. The molecule has 0 bridgehead atoms. The van der Waals surface area contributed by atoms with E-state index in [0.717, 1.165) is 6.42 Å². The molecule has 3 rings (SSSR count). The van der Waals surface area contributed by atoms with Gasteiger partial charge >= 0.3 is 0 Å². The van der Waals surface area contributed by atoms with Crippen LogP contribution in [0.4, 0.5) is 8.78 Å². The van der Waals surface area contributed by atoms with Crippen LogP contribution in [0.25, 0.3) is 0 Å². The molecule has 1 aromatic rings. The number of halogens is 2. The molecule has 0 saturated heterocycles. The molecule has 1 N–H and O–H groups in total. The van der Waals surface area contributed by atoms with Gasteiger partial charge in [-0.3, -0.25) is 9.59 Å². The quantitative estimate of drug-likeness (QED) is 0.917. The fraction of sp³-hybridized carbons (Fsp3) is 0.647. The number of hydrogen-bond donors (Lipinski definition) is 1. The first-order chi connectivity index (χ1) is 11.0. The SMILES string of the molecule is O=C(NCCC1CCC(F)(F)CC1)c1coc2c1C(=O)CCC2. The molecule has 1 heterocycles. The van der Waals surface area contributed by atoms with E-state index in [0.29, 0.717) is 55.5 Å².